The number of aliphatic hydroxyl groups is 1. The fourth-order valence-electron chi connectivity index (χ4n) is 2.63. The third kappa shape index (κ3) is 1.60. The Morgan fingerprint density at radius 3 is 2.89 bits per heavy atom. The lowest BCUT2D eigenvalue weighted by molar-refractivity contribution is -0.140. The van der Waals surface area contributed by atoms with Gasteiger partial charge in [-0.3, -0.25) is 10.1 Å². The second kappa shape index (κ2) is 4.12. The zero-order valence-electron chi connectivity index (χ0n) is 9.68. The normalized spacial score (nSPS) is 22.9. The topological polar surface area (TPSA) is 85.3 Å². The Morgan fingerprint density at radius 2 is 2.17 bits per heavy atom. The number of aliphatic carboxylic acids is 1. The molecule has 3 rings (SSSR count). The average Bonchev–Trinajstić information content (AvgIpc) is 2.76. The summed E-state index contributed by atoms with van der Waals surface area (Å²) in [5.41, 5.74) is 2.88. The standard InChI is InChI=1S/C13H14N2O3/c16-6-11-12-8(5-10(14-11)13(17)18)7-3-1-2-4-9(7)15-12/h1-4,10-11,14-16H,5-6H2,(H,17,18)/t10?,11-/m0/s1. The Hall–Kier alpha value is -1.85. The van der Waals surface area contributed by atoms with E-state index in [4.69, 9.17) is 5.11 Å². The minimum absolute atomic E-state index is 0.121. The molecular weight excluding hydrogens is 232 g/mol. The lowest BCUT2D eigenvalue weighted by Gasteiger charge is -2.27. The predicted octanol–water partition coefficient (Wildman–Crippen LogP) is 0.800. The van der Waals surface area contributed by atoms with E-state index in [-0.39, 0.29) is 12.6 Å². The number of H-pyrrole nitrogens is 1. The molecule has 0 amide bonds. The molecule has 1 aliphatic rings. The highest BCUT2D eigenvalue weighted by Crippen LogP contribution is 2.31. The molecule has 94 valence electrons. The smallest absolute Gasteiger partial charge is 0.321 e. The number of nitrogens with one attached hydrogen (secondary N) is 2. The molecule has 0 radical (unpaired) electrons. The number of carboxylic acid groups (broad SMARTS) is 1. The van der Waals surface area contributed by atoms with E-state index in [1.165, 1.54) is 0 Å². The number of benzene rings is 1. The summed E-state index contributed by atoms with van der Waals surface area (Å²) in [6, 6.07) is 6.81. The minimum atomic E-state index is -0.885. The molecule has 18 heavy (non-hydrogen) atoms. The molecule has 2 heterocycles. The fraction of sp³-hybridized carbons (Fsp3) is 0.308. The number of aromatic amines is 1. The number of fused-ring (bicyclic) bond motifs is 3. The van der Waals surface area contributed by atoms with Crippen LogP contribution in [0.5, 0.6) is 0 Å². The van der Waals surface area contributed by atoms with Crippen molar-refractivity contribution in [2.75, 3.05) is 6.61 Å². The molecule has 4 N–H and O–H groups in total. The van der Waals surface area contributed by atoms with Crippen LogP contribution in [-0.2, 0) is 11.2 Å². The molecule has 5 heteroatoms. The highest BCUT2D eigenvalue weighted by molar-refractivity contribution is 5.86. The molecule has 2 atom stereocenters. The Bertz CT molecular complexity index is 605. The second-order valence-corrected chi connectivity index (χ2v) is 4.56. The number of carbonyl (C=O) groups is 1. The SMILES string of the molecule is O=C(O)C1Cc2c([nH]c3ccccc23)[C@H](CO)N1. The number of para-hydroxylation sites is 1. The maximum absolute atomic E-state index is 11.1. The summed E-state index contributed by atoms with van der Waals surface area (Å²) in [5.74, 6) is -0.885. The van der Waals surface area contributed by atoms with Crippen LogP contribution < -0.4 is 5.32 Å². The van der Waals surface area contributed by atoms with Gasteiger partial charge in [-0.25, -0.2) is 0 Å². The van der Waals surface area contributed by atoms with Gasteiger partial charge in [0.25, 0.3) is 0 Å². The zero-order chi connectivity index (χ0) is 12.7. The summed E-state index contributed by atoms with van der Waals surface area (Å²) in [4.78, 5) is 14.4. The van der Waals surface area contributed by atoms with E-state index in [0.29, 0.717) is 6.42 Å². The Morgan fingerprint density at radius 1 is 1.39 bits per heavy atom. The summed E-state index contributed by atoms with van der Waals surface area (Å²) < 4.78 is 0. The van der Waals surface area contributed by atoms with Gasteiger partial charge in [-0.1, -0.05) is 18.2 Å². The maximum atomic E-state index is 11.1. The molecular formula is C13H14N2O3. The molecule has 0 saturated carbocycles. The lowest BCUT2D eigenvalue weighted by Crippen LogP contribution is -2.45. The van der Waals surface area contributed by atoms with Crippen LogP contribution in [0.1, 0.15) is 17.3 Å². The fourth-order valence-corrected chi connectivity index (χ4v) is 2.63. The molecule has 1 aliphatic heterocycles. The van der Waals surface area contributed by atoms with Crippen molar-refractivity contribution in [1.29, 1.82) is 0 Å². The van der Waals surface area contributed by atoms with Gasteiger partial charge in [0.15, 0.2) is 0 Å². The van der Waals surface area contributed by atoms with Crippen molar-refractivity contribution >= 4 is 16.9 Å². The van der Waals surface area contributed by atoms with Crippen LogP contribution in [-0.4, -0.2) is 33.8 Å². The molecule has 0 spiro atoms. The van der Waals surface area contributed by atoms with Gasteiger partial charge in [-0.15, -0.1) is 0 Å². The van der Waals surface area contributed by atoms with Crippen LogP contribution in [0.25, 0.3) is 10.9 Å². The molecule has 1 aromatic carbocycles. The van der Waals surface area contributed by atoms with E-state index in [1.807, 2.05) is 24.3 Å². The van der Waals surface area contributed by atoms with Crippen LogP contribution in [0.3, 0.4) is 0 Å². The molecule has 2 aromatic rings. The summed E-state index contributed by atoms with van der Waals surface area (Å²) in [7, 11) is 0. The van der Waals surface area contributed by atoms with E-state index in [2.05, 4.69) is 10.3 Å². The van der Waals surface area contributed by atoms with Crippen molar-refractivity contribution in [2.45, 2.75) is 18.5 Å². The van der Waals surface area contributed by atoms with Gasteiger partial charge < -0.3 is 15.2 Å². The number of hydrogen-bond donors (Lipinski definition) is 4. The highest BCUT2D eigenvalue weighted by atomic mass is 16.4. The third-order valence-corrected chi connectivity index (χ3v) is 3.49. The molecule has 0 fully saturated rings. The van der Waals surface area contributed by atoms with Crippen molar-refractivity contribution in [3.63, 3.8) is 0 Å². The van der Waals surface area contributed by atoms with E-state index >= 15 is 0 Å². The Balaban J connectivity index is 2.15. The van der Waals surface area contributed by atoms with Crippen LogP contribution in [0.15, 0.2) is 24.3 Å². The number of rotatable bonds is 2. The van der Waals surface area contributed by atoms with Gasteiger partial charge in [0.2, 0.25) is 0 Å². The first kappa shape index (κ1) is 11.3. The Labute approximate surface area is 103 Å². The second-order valence-electron chi connectivity index (χ2n) is 4.56. The van der Waals surface area contributed by atoms with Crippen LogP contribution >= 0.6 is 0 Å². The first-order chi connectivity index (χ1) is 8.70. The van der Waals surface area contributed by atoms with Crippen LogP contribution in [0.2, 0.25) is 0 Å². The number of hydrogen-bond acceptors (Lipinski definition) is 3. The van der Waals surface area contributed by atoms with Crippen molar-refractivity contribution in [3.8, 4) is 0 Å². The predicted molar refractivity (Wildman–Crippen MR) is 66.4 cm³/mol. The lowest BCUT2D eigenvalue weighted by atomic mass is 9.94. The number of carboxylic acids is 1. The quantitative estimate of drug-likeness (QED) is 0.631. The van der Waals surface area contributed by atoms with Crippen molar-refractivity contribution in [2.24, 2.45) is 0 Å². The molecule has 1 unspecified atom stereocenters. The molecule has 0 bridgehead atoms. The number of aromatic nitrogens is 1. The van der Waals surface area contributed by atoms with Gasteiger partial charge in [0, 0.05) is 23.0 Å². The molecule has 0 aliphatic carbocycles. The van der Waals surface area contributed by atoms with E-state index < -0.39 is 12.0 Å². The van der Waals surface area contributed by atoms with E-state index in [9.17, 15) is 9.90 Å². The molecule has 0 saturated heterocycles. The highest BCUT2D eigenvalue weighted by Gasteiger charge is 2.32. The summed E-state index contributed by atoms with van der Waals surface area (Å²) in [5, 5.41) is 22.5. The maximum Gasteiger partial charge on any atom is 0.321 e. The first-order valence-electron chi connectivity index (χ1n) is 5.90. The summed E-state index contributed by atoms with van der Waals surface area (Å²) in [6.07, 6.45) is 0.436. The molecule has 1 aromatic heterocycles. The van der Waals surface area contributed by atoms with Gasteiger partial charge >= 0.3 is 5.97 Å². The van der Waals surface area contributed by atoms with Gasteiger partial charge in [0.05, 0.1) is 12.6 Å². The van der Waals surface area contributed by atoms with Crippen molar-refractivity contribution in [3.05, 3.63) is 35.5 Å². The summed E-state index contributed by atoms with van der Waals surface area (Å²) >= 11 is 0. The van der Waals surface area contributed by atoms with Gasteiger partial charge in [-0.05, 0) is 11.6 Å². The zero-order valence-corrected chi connectivity index (χ0v) is 9.68. The monoisotopic (exact) mass is 246 g/mol. The van der Waals surface area contributed by atoms with E-state index in [1.54, 1.807) is 0 Å². The average molecular weight is 246 g/mol. The van der Waals surface area contributed by atoms with E-state index in [0.717, 1.165) is 22.2 Å². The summed E-state index contributed by atoms with van der Waals surface area (Å²) in [6.45, 7) is -0.121. The largest absolute Gasteiger partial charge is 0.480 e. The van der Waals surface area contributed by atoms with Crippen LogP contribution in [0.4, 0.5) is 0 Å². The van der Waals surface area contributed by atoms with Crippen molar-refractivity contribution < 1.29 is 15.0 Å². The van der Waals surface area contributed by atoms with Gasteiger partial charge in [-0.2, -0.15) is 0 Å². The van der Waals surface area contributed by atoms with Gasteiger partial charge in [0.1, 0.15) is 6.04 Å². The van der Waals surface area contributed by atoms with Crippen molar-refractivity contribution in [1.82, 2.24) is 10.3 Å². The first-order valence-corrected chi connectivity index (χ1v) is 5.90. The Kier molecular flexibility index (Phi) is 2.57. The minimum Gasteiger partial charge on any atom is -0.480 e. The molecule has 5 nitrogen and oxygen atoms in total. The van der Waals surface area contributed by atoms with Crippen LogP contribution in [0, 0.1) is 0 Å². The number of aliphatic hydroxyl groups excluding tert-OH is 1. The third-order valence-electron chi connectivity index (χ3n) is 3.49.